The molecular formula is C15H26N2O4S. The Labute approximate surface area is 137 Å². The molecule has 1 rings (SSSR count). The number of carbonyl (C=O) groups is 3. The van der Waals surface area contributed by atoms with Crippen molar-refractivity contribution < 1.29 is 19.1 Å². The zero-order valence-corrected chi connectivity index (χ0v) is 14.1. The van der Waals surface area contributed by atoms with Crippen LogP contribution in [0.15, 0.2) is 0 Å². The first-order valence-corrected chi connectivity index (χ1v) is 8.29. The summed E-state index contributed by atoms with van der Waals surface area (Å²) in [4.78, 5) is 37.6. The molecule has 2 amide bonds. The van der Waals surface area contributed by atoms with Crippen LogP contribution in [-0.4, -0.2) is 73.0 Å². The van der Waals surface area contributed by atoms with Gasteiger partial charge in [0.2, 0.25) is 11.8 Å². The number of unbranched alkanes of at least 4 members (excludes halogenated alkanes) is 2. The Morgan fingerprint density at radius 1 is 1.27 bits per heavy atom. The topological polar surface area (TPSA) is 66.9 Å². The van der Waals surface area contributed by atoms with Crippen LogP contribution in [0, 0.1) is 0 Å². The van der Waals surface area contributed by atoms with Crippen LogP contribution in [0.4, 0.5) is 0 Å². The van der Waals surface area contributed by atoms with E-state index < -0.39 is 5.25 Å². The molecule has 0 radical (unpaired) electrons. The lowest BCUT2D eigenvalue weighted by Crippen LogP contribution is -2.40. The standard InChI is InChI=1S/C15H26N2O4S/c1-16(15(20)11-13(22)12-18)6-4-2-3-5-14(19)17-7-9-21-10-8-17/h12-13,22H,2-11H2,1H3. The van der Waals surface area contributed by atoms with Crippen molar-refractivity contribution in [2.24, 2.45) is 0 Å². The van der Waals surface area contributed by atoms with E-state index in [1.807, 2.05) is 4.90 Å². The van der Waals surface area contributed by atoms with Gasteiger partial charge in [0.1, 0.15) is 6.29 Å². The third-order valence-corrected chi connectivity index (χ3v) is 4.02. The van der Waals surface area contributed by atoms with E-state index in [1.165, 1.54) is 0 Å². The molecule has 0 aromatic carbocycles. The van der Waals surface area contributed by atoms with Gasteiger partial charge in [0.25, 0.3) is 0 Å². The van der Waals surface area contributed by atoms with Crippen molar-refractivity contribution in [3.8, 4) is 0 Å². The summed E-state index contributed by atoms with van der Waals surface area (Å²) in [5.74, 6) is 0.119. The molecule has 0 saturated carbocycles. The Morgan fingerprint density at radius 3 is 2.59 bits per heavy atom. The highest BCUT2D eigenvalue weighted by atomic mass is 32.1. The SMILES string of the molecule is CN(CCCCCC(=O)N1CCOCC1)C(=O)CC(S)C=O. The number of morpholine rings is 1. The van der Waals surface area contributed by atoms with Crippen LogP contribution in [0.25, 0.3) is 0 Å². The lowest BCUT2D eigenvalue weighted by Gasteiger charge is -2.26. The van der Waals surface area contributed by atoms with E-state index in [9.17, 15) is 14.4 Å². The number of ether oxygens (including phenoxy) is 1. The highest BCUT2D eigenvalue weighted by Crippen LogP contribution is 2.07. The molecule has 6 nitrogen and oxygen atoms in total. The Hall–Kier alpha value is -1.08. The molecule has 1 fully saturated rings. The fourth-order valence-electron chi connectivity index (χ4n) is 2.28. The van der Waals surface area contributed by atoms with Crippen molar-refractivity contribution >= 4 is 30.7 Å². The van der Waals surface area contributed by atoms with E-state index in [4.69, 9.17) is 4.74 Å². The van der Waals surface area contributed by atoms with Crippen LogP contribution in [0.3, 0.4) is 0 Å². The molecule has 0 bridgehead atoms. The average molecular weight is 330 g/mol. The number of carbonyl (C=O) groups excluding carboxylic acids is 3. The van der Waals surface area contributed by atoms with Gasteiger partial charge in [0, 0.05) is 39.5 Å². The third kappa shape index (κ3) is 7.26. The summed E-state index contributed by atoms with van der Waals surface area (Å²) in [6.07, 6.45) is 3.97. The summed E-state index contributed by atoms with van der Waals surface area (Å²) >= 11 is 3.99. The molecule has 22 heavy (non-hydrogen) atoms. The van der Waals surface area contributed by atoms with Crippen molar-refractivity contribution in [3.05, 3.63) is 0 Å². The monoisotopic (exact) mass is 330 g/mol. The van der Waals surface area contributed by atoms with Crippen LogP contribution in [0.1, 0.15) is 32.1 Å². The van der Waals surface area contributed by atoms with E-state index in [2.05, 4.69) is 12.6 Å². The smallest absolute Gasteiger partial charge is 0.223 e. The van der Waals surface area contributed by atoms with E-state index in [-0.39, 0.29) is 18.2 Å². The van der Waals surface area contributed by atoms with Gasteiger partial charge in [-0.2, -0.15) is 12.6 Å². The number of nitrogens with zero attached hydrogens (tertiary/aromatic N) is 2. The van der Waals surface area contributed by atoms with E-state index in [0.29, 0.717) is 45.6 Å². The van der Waals surface area contributed by atoms with Crippen LogP contribution < -0.4 is 0 Å². The first kappa shape index (κ1) is 19.0. The highest BCUT2D eigenvalue weighted by molar-refractivity contribution is 7.81. The summed E-state index contributed by atoms with van der Waals surface area (Å²) in [7, 11) is 1.73. The number of amides is 2. The minimum Gasteiger partial charge on any atom is -0.378 e. The molecule has 1 atom stereocenters. The second-order valence-electron chi connectivity index (χ2n) is 5.53. The number of rotatable bonds is 9. The summed E-state index contributed by atoms with van der Waals surface area (Å²) < 4.78 is 5.22. The summed E-state index contributed by atoms with van der Waals surface area (Å²) in [6, 6.07) is 0. The van der Waals surface area contributed by atoms with Gasteiger partial charge in [-0.3, -0.25) is 9.59 Å². The number of aldehydes is 1. The normalized spacial score (nSPS) is 16.2. The van der Waals surface area contributed by atoms with Crippen LogP contribution in [0.2, 0.25) is 0 Å². The Balaban J connectivity index is 2.07. The minimum atomic E-state index is -0.527. The molecule has 1 aliphatic rings. The van der Waals surface area contributed by atoms with Crippen molar-refractivity contribution in [1.82, 2.24) is 9.80 Å². The molecular weight excluding hydrogens is 304 g/mol. The second-order valence-corrected chi connectivity index (χ2v) is 6.19. The minimum absolute atomic E-state index is 0.0727. The molecule has 1 unspecified atom stereocenters. The zero-order chi connectivity index (χ0) is 16.4. The van der Waals surface area contributed by atoms with Gasteiger partial charge >= 0.3 is 0 Å². The molecule has 0 spiro atoms. The fraction of sp³-hybridized carbons (Fsp3) is 0.800. The van der Waals surface area contributed by atoms with Crippen molar-refractivity contribution in [2.45, 2.75) is 37.4 Å². The molecule has 1 aliphatic heterocycles. The second kappa shape index (κ2) is 10.6. The van der Waals surface area contributed by atoms with Crippen molar-refractivity contribution in [1.29, 1.82) is 0 Å². The van der Waals surface area contributed by atoms with Gasteiger partial charge in [0.05, 0.1) is 18.5 Å². The van der Waals surface area contributed by atoms with Crippen LogP contribution >= 0.6 is 12.6 Å². The van der Waals surface area contributed by atoms with E-state index in [1.54, 1.807) is 11.9 Å². The quantitative estimate of drug-likeness (QED) is 0.385. The fourth-order valence-corrected chi connectivity index (χ4v) is 2.44. The third-order valence-electron chi connectivity index (χ3n) is 3.71. The maximum Gasteiger partial charge on any atom is 0.223 e. The summed E-state index contributed by atoms with van der Waals surface area (Å²) in [6.45, 7) is 3.29. The maximum absolute atomic E-state index is 11.9. The first-order valence-electron chi connectivity index (χ1n) is 7.77. The predicted molar refractivity (Wildman–Crippen MR) is 87.0 cm³/mol. The molecule has 0 aromatic heterocycles. The number of hydrogen-bond acceptors (Lipinski definition) is 5. The van der Waals surface area contributed by atoms with Crippen LogP contribution in [0.5, 0.6) is 0 Å². The predicted octanol–water partition coefficient (Wildman–Crippen LogP) is 0.751. The molecule has 1 heterocycles. The van der Waals surface area contributed by atoms with Gasteiger partial charge in [-0.15, -0.1) is 0 Å². The van der Waals surface area contributed by atoms with E-state index in [0.717, 1.165) is 19.3 Å². The maximum atomic E-state index is 11.9. The van der Waals surface area contributed by atoms with Gasteiger partial charge < -0.3 is 19.3 Å². The average Bonchev–Trinajstić information content (AvgIpc) is 2.54. The molecule has 0 aliphatic carbocycles. The molecule has 126 valence electrons. The molecule has 0 aromatic rings. The van der Waals surface area contributed by atoms with Gasteiger partial charge in [-0.1, -0.05) is 6.42 Å². The highest BCUT2D eigenvalue weighted by Gasteiger charge is 2.16. The number of hydrogen-bond donors (Lipinski definition) is 1. The molecule has 0 N–H and O–H groups in total. The largest absolute Gasteiger partial charge is 0.378 e. The summed E-state index contributed by atoms with van der Waals surface area (Å²) in [5, 5.41) is -0.527. The van der Waals surface area contributed by atoms with Crippen LogP contribution in [-0.2, 0) is 19.1 Å². The van der Waals surface area contributed by atoms with E-state index >= 15 is 0 Å². The van der Waals surface area contributed by atoms with Gasteiger partial charge in [0.15, 0.2) is 0 Å². The zero-order valence-electron chi connectivity index (χ0n) is 13.2. The van der Waals surface area contributed by atoms with Gasteiger partial charge in [-0.25, -0.2) is 0 Å². The lowest BCUT2D eigenvalue weighted by atomic mass is 10.1. The lowest BCUT2D eigenvalue weighted by molar-refractivity contribution is -0.135. The number of thiol groups is 1. The Bertz CT molecular complexity index is 373. The Morgan fingerprint density at radius 2 is 1.95 bits per heavy atom. The van der Waals surface area contributed by atoms with Gasteiger partial charge in [-0.05, 0) is 12.8 Å². The first-order chi connectivity index (χ1) is 10.5. The molecule has 7 heteroatoms. The summed E-state index contributed by atoms with van der Waals surface area (Å²) in [5.41, 5.74) is 0. The Kier molecular flexibility index (Phi) is 9.15. The molecule has 1 saturated heterocycles. The van der Waals surface area contributed by atoms with Crippen molar-refractivity contribution in [3.63, 3.8) is 0 Å². The van der Waals surface area contributed by atoms with Crippen molar-refractivity contribution in [2.75, 3.05) is 39.9 Å².